The van der Waals surface area contributed by atoms with E-state index in [1.807, 2.05) is 6.92 Å². The lowest BCUT2D eigenvalue weighted by Crippen LogP contribution is -2.64. The van der Waals surface area contributed by atoms with Crippen LogP contribution in [-0.4, -0.2) is 137 Å². The molecule has 0 radical (unpaired) electrons. The summed E-state index contributed by atoms with van der Waals surface area (Å²) >= 11 is 0. The van der Waals surface area contributed by atoms with Gasteiger partial charge in [0, 0.05) is 18.3 Å². The third-order valence-electron chi connectivity index (χ3n) is 15.9. The summed E-state index contributed by atoms with van der Waals surface area (Å²) in [7, 11) is 1.48. The Kier molecular flexibility index (Phi) is 13.9. The molecule has 5 N–H and O–H groups in total. The fourth-order valence-electron chi connectivity index (χ4n) is 12.3. The molecule has 16 heteroatoms. The van der Waals surface area contributed by atoms with Gasteiger partial charge in [0.05, 0.1) is 50.3 Å². The van der Waals surface area contributed by atoms with Crippen molar-refractivity contribution in [3.8, 4) is 5.75 Å². The van der Waals surface area contributed by atoms with Gasteiger partial charge in [0.25, 0.3) is 0 Å². The van der Waals surface area contributed by atoms with Gasteiger partial charge in [0.1, 0.15) is 35.8 Å². The Balaban J connectivity index is 1.08. The van der Waals surface area contributed by atoms with Crippen LogP contribution in [0.4, 0.5) is 0 Å². The Morgan fingerprint density at radius 3 is 2.17 bits per heavy atom. The van der Waals surface area contributed by atoms with Crippen LogP contribution >= 0.6 is 0 Å². The van der Waals surface area contributed by atoms with E-state index in [1.165, 1.54) is 31.7 Å². The molecule has 2 aromatic rings. The Bertz CT molecular complexity index is 2050. The standard InChI is InChI=1S/C49H64O16/c1-26(23-59-43(55)28-9-7-6-8-10-28)49(57)38(22-35-33-16-13-30-21-31(51)17-19-47(30,3)34(33)18-20-48(35,49)4)63-46-42(62-27(2)50)40(37(53)25-61-46)65-45-41(39(54)36(52)24-60-45)64-44(56)29-11-14-32(58-5)15-12-29/h6-15,26,31,33-42,45-46,51-54,57H,16-25H2,1-5H3/t26-,31+,33-,34+,35+,36-,37+,38+,39+,40+,41-,42-,45+,46+,47+,48+,49-/m1/s1. The molecule has 2 heterocycles. The SMILES string of the molecule is COc1ccc(C(=O)O[C@H]2[C@H](O[C@@H]3[C@@H](OC(C)=O)[C@H](O[C@H]4C[C@H]5[C@@H]6CC=C7C[C@@H](O)CC[C@]7(C)[C@H]6CC[C@]5(C)[C@@]4(O)[C@H](C)COC(=O)c4ccccc4)OC[C@@H]3O)OC[C@@H](O)[C@@H]2O)cc1. The van der Waals surface area contributed by atoms with E-state index in [9.17, 15) is 39.9 Å². The van der Waals surface area contributed by atoms with E-state index < -0.39 is 96.8 Å². The molecule has 2 aromatic carbocycles. The van der Waals surface area contributed by atoms with Crippen LogP contribution in [0.2, 0.25) is 0 Å². The second-order valence-corrected chi connectivity index (χ2v) is 19.5. The fraction of sp³-hybridized carbons (Fsp3) is 0.653. The average molecular weight is 909 g/mol. The monoisotopic (exact) mass is 908 g/mol. The third-order valence-corrected chi connectivity index (χ3v) is 15.9. The highest BCUT2D eigenvalue weighted by molar-refractivity contribution is 5.90. The number of hydrogen-bond acceptors (Lipinski definition) is 16. The molecular weight excluding hydrogens is 845 g/mol. The minimum atomic E-state index is -1.67. The number of rotatable bonds is 12. The van der Waals surface area contributed by atoms with Crippen molar-refractivity contribution in [3.05, 3.63) is 77.4 Å². The number of benzene rings is 2. The van der Waals surface area contributed by atoms with Crippen LogP contribution in [0.15, 0.2) is 66.2 Å². The highest BCUT2D eigenvalue weighted by atomic mass is 16.8. The molecule has 17 atom stereocenters. The maximum absolute atomic E-state index is 13.5. The van der Waals surface area contributed by atoms with E-state index in [0.717, 1.165) is 25.7 Å². The largest absolute Gasteiger partial charge is 0.497 e. The number of aliphatic hydroxyl groups is 5. The van der Waals surface area contributed by atoms with Gasteiger partial charge in [-0.15, -0.1) is 0 Å². The molecule has 65 heavy (non-hydrogen) atoms. The van der Waals surface area contributed by atoms with Crippen LogP contribution in [0.25, 0.3) is 0 Å². The fourth-order valence-corrected chi connectivity index (χ4v) is 12.3. The summed E-state index contributed by atoms with van der Waals surface area (Å²) in [5.41, 5.74) is -0.693. The normalized spacial score (nSPS) is 40.5. The first-order valence-corrected chi connectivity index (χ1v) is 22.9. The predicted molar refractivity (Wildman–Crippen MR) is 229 cm³/mol. The van der Waals surface area contributed by atoms with Crippen molar-refractivity contribution in [2.24, 2.45) is 34.5 Å². The van der Waals surface area contributed by atoms with Gasteiger partial charge < -0.3 is 63.4 Å². The molecule has 0 unspecified atom stereocenters. The number of fused-ring (bicyclic) bond motifs is 5. The molecule has 2 saturated heterocycles. The van der Waals surface area contributed by atoms with Crippen LogP contribution < -0.4 is 4.74 Å². The lowest BCUT2D eigenvalue weighted by molar-refractivity contribution is -0.345. The summed E-state index contributed by atoms with van der Waals surface area (Å²) in [4.78, 5) is 39.4. The summed E-state index contributed by atoms with van der Waals surface area (Å²) in [6.07, 6.45) is -6.25. The zero-order chi connectivity index (χ0) is 46.4. The minimum Gasteiger partial charge on any atom is -0.497 e. The second-order valence-electron chi connectivity index (χ2n) is 19.5. The van der Waals surface area contributed by atoms with Crippen molar-refractivity contribution in [1.82, 2.24) is 0 Å². The van der Waals surface area contributed by atoms with Gasteiger partial charge in [-0.2, -0.15) is 0 Å². The molecule has 0 bridgehead atoms. The van der Waals surface area contributed by atoms with Crippen LogP contribution in [0.5, 0.6) is 5.75 Å². The number of allylic oxidation sites excluding steroid dienone is 1. The average Bonchev–Trinajstić information content (AvgIpc) is 3.53. The van der Waals surface area contributed by atoms with Gasteiger partial charge in [-0.3, -0.25) is 4.79 Å². The van der Waals surface area contributed by atoms with Crippen LogP contribution in [0, 0.1) is 34.5 Å². The lowest BCUT2D eigenvalue weighted by atomic mass is 9.46. The van der Waals surface area contributed by atoms with Crippen molar-refractivity contribution < 1.29 is 77.8 Å². The summed E-state index contributed by atoms with van der Waals surface area (Å²) in [6, 6.07) is 14.6. The summed E-state index contributed by atoms with van der Waals surface area (Å²) in [6.45, 7) is 6.49. The topological polar surface area (TPSA) is 226 Å². The van der Waals surface area contributed by atoms with E-state index in [-0.39, 0.29) is 42.1 Å². The number of hydrogen-bond donors (Lipinski definition) is 5. The molecule has 0 spiro atoms. The molecule has 6 aliphatic rings. The number of carbonyl (C=O) groups is 3. The molecular formula is C49H64O16. The quantitative estimate of drug-likeness (QED) is 0.116. The molecule has 0 aromatic heterocycles. The minimum absolute atomic E-state index is 0.0666. The van der Waals surface area contributed by atoms with E-state index in [2.05, 4.69) is 19.9 Å². The van der Waals surface area contributed by atoms with Crippen molar-refractivity contribution in [2.75, 3.05) is 26.9 Å². The summed E-state index contributed by atoms with van der Waals surface area (Å²) in [5.74, 6) is -1.94. The molecule has 356 valence electrons. The van der Waals surface area contributed by atoms with E-state index in [0.29, 0.717) is 36.5 Å². The van der Waals surface area contributed by atoms with Crippen molar-refractivity contribution in [2.45, 2.75) is 140 Å². The Hall–Kier alpha value is -3.97. The highest BCUT2D eigenvalue weighted by Crippen LogP contribution is 2.69. The maximum atomic E-state index is 13.5. The first kappa shape index (κ1) is 47.5. The van der Waals surface area contributed by atoms with Crippen molar-refractivity contribution >= 4 is 17.9 Å². The zero-order valence-corrected chi connectivity index (χ0v) is 37.7. The summed E-state index contributed by atoms with van der Waals surface area (Å²) < 4.78 is 47.6. The molecule has 2 aliphatic heterocycles. The highest BCUT2D eigenvalue weighted by Gasteiger charge is 2.70. The Labute approximate surface area is 379 Å². The van der Waals surface area contributed by atoms with E-state index in [4.69, 9.17) is 37.9 Å². The molecule has 0 amide bonds. The van der Waals surface area contributed by atoms with Crippen molar-refractivity contribution in [3.63, 3.8) is 0 Å². The number of aliphatic hydroxyl groups excluding tert-OH is 4. The zero-order valence-electron chi connectivity index (χ0n) is 37.7. The van der Waals surface area contributed by atoms with Gasteiger partial charge in [-0.05, 0) is 105 Å². The van der Waals surface area contributed by atoms with Gasteiger partial charge in [0.2, 0.25) is 0 Å². The van der Waals surface area contributed by atoms with Crippen LogP contribution in [0.3, 0.4) is 0 Å². The number of ether oxygens (including phenoxy) is 8. The van der Waals surface area contributed by atoms with Crippen LogP contribution in [0.1, 0.15) is 93.4 Å². The third kappa shape index (κ3) is 8.86. The number of carbonyl (C=O) groups excluding carboxylic acids is 3. The maximum Gasteiger partial charge on any atom is 0.338 e. The van der Waals surface area contributed by atoms with Gasteiger partial charge in [-0.25, -0.2) is 9.59 Å². The smallest absolute Gasteiger partial charge is 0.338 e. The lowest BCUT2D eigenvalue weighted by Gasteiger charge is -2.59. The van der Waals surface area contributed by atoms with Gasteiger partial charge in [-0.1, -0.05) is 50.6 Å². The number of methoxy groups -OCH3 is 1. The molecule has 4 aliphatic carbocycles. The molecule has 8 rings (SSSR count). The van der Waals surface area contributed by atoms with Crippen LogP contribution in [-0.2, 0) is 38.0 Å². The molecule has 5 fully saturated rings. The van der Waals surface area contributed by atoms with Crippen molar-refractivity contribution in [1.29, 1.82) is 0 Å². The predicted octanol–water partition coefficient (Wildman–Crippen LogP) is 3.88. The van der Waals surface area contributed by atoms with Gasteiger partial charge in [0.15, 0.2) is 24.8 Å². The molecule has 3 saturated carbocycles. The second kappa shape index (κ2) is 19.0. The Morgan fingerprint density at radius 1 is 0.800 bits per heavy atom. The van der Waals surface area contributed by atoms with E-state index in [1.54, 1.807) is 42.5 Å². The van der Waals surface area contributed by atoms with E-state index >= 15 is 0 Å². The Morgan fingerprint density at radius 2 is 1.48 bits per heavy atom. The first-order chi connectivity index (χ1) is 31.0. The summed E-state index contributed by atoms with van der Waals surface area (Å²) in [5, 5.41) is 57.3. The van der Waals surface area contributed by atoms with Gasteiger partial charge >= 0.3 is 17.9 Å². The first-order valence-electron chi connectivity index (χ1n) is 22.9. The molecule has 16 nitrogen and oxygen atoms in total. The number of esters is 3.